The average Bonchev–Trinajstić information content (AvgIpc) is 2.82. The highest BCUT2D eigenvalue weighted by Crippen LogP contribution is 2.54. The van der Waals surface area contributed by atoms with Gasteiger partial charge in [0.1, 0.15) is 5.41 Å². The summed E-state index contributed by atoms with van der Waals surface area (Å²) in [6.45, 7) is 7.60. The molecule has 0 aromatic heterocycles. The highest BCUT2D eigenvalue weighted by atomic mass is 16.4. The minimum absolute atomic E-state index is 0.201. The van der Waals surface area contributed by atoms with Crippen LogP contribution in [0.15, 0.2) is 0 Å². The zero-order valence-electron chi connectivity index (χ0n) is 22.9. The zero-order valence-corrected chi connectivity index (χ0v) is 22.9. The second kappa shape index (κ2) is 16.7. The van der Waals surface area contributed by atoms with Crippen LogP contribution in [0.5, 0.6) is 0 Å². The number of carbonyl (C=O) groups excluding carboxylic acids is 1. The molecular formula is C28H50O8. The third kappa shape index (κ3) is 7.53. The number of rotatable bonds is 23. The van der Waals surface area contributed by atoms with E-state index in [1.807, 2.05) is 20.8 Å². The quantitative estimate of drug-likeness (QED) is 0.0926. The minimum atomic E-state index is -3.30. The summed E-state index contributed by atoms with van der Waals surface area (Å²) in [7, 11) is 0. The van der Waals surface area contributed by atoms with Crippen molar-refractivity contribution in [1.29, 1.82) is 0 Å². The maximum absolute atomic E-state index is 13.5. The van der Waals surface area contributed by atoms with Crippen LogP contribution in [-0.4, -0.2) is 49.7 Å². The molecule has 0 saturated heterocycles. The van der Waals surface area contributed by atoms with Crippen molar-refractivity contribution >= 4 is 23.7 Å². The van der Waals surface area contributed by atoms with E-state index in [1.54, 1.807) is 6.92 Å². The zero-order chi connectivity index (χ0) is 27.8. The van der Waals surface area contributed by atoms with Crippen LogP contribution < -0.4 is 0 Å². The van der Waals surface area contributed by atoms with Gasteiger partial charge in [0.15, 0.2) is 11.2 Å². The predicted molar refractivity (Wildman–Crippen MR) is 139 cm³/mol. The molecule has 2 unspecified atom stereocenters. The van der Waals surface area contributed by atoms with Gasteiger partial charge in [0.05, 0.1) is 0 Å². The fraction of sp³-hybridized carbons (Fsp3) is 0.857. The van der Waals surface area contributed by atoms with Gasteiger partial charge < -0.3 is 20.4 Å². The van der Waals surface area contributed by atoms with Crippen molar-refractivity contribution in [3.8, 4) is 0 Å². The number of Topliss-reactive ketones (excluding diaryl/α,β-unsaturated/α-hetero) is 1. The molecule has 0 aromatic rings. The lowest BCUT2D eigenvalue weighted by Crippen LogP contribution is -2.72. The van der Waals surface area contributed by atoms with Gasteiger partial charge in [-0.2, -0.15) is 0 Å². The Hall–Kier alpha value is -1.96. The fourth-order valence-corrected chi connectivity index (χ4v) is 5.52. The van der Waals surface area contributed by atoms with Gasteiger partial charge in [0, 0.05) is 6.42 Å². The minimum Gasteiger partial charge on any atom is -0.481 e. The number of carboxylic acid groups (broad SMARTS) is 3. The van der Waals surface area contributed by atoms with E-state index < -0.39 is 46.5 Å². The van der Waals surface area contributed by atoms with E-state index in [0.29, 0.717) is 32.1 Å². The molecule has 36 heavy (non-hydrogen) atoms. The Balaban J connectivity index is 7.13. The molecule has 0 aliphatic heterocycles. The Morgan fingerprint density at radius 3 is 1.25 bits per heavy atom. The lowest BCUT2D eigenvalue weighted by atomic mass is 9.51. The molecule has 0 bridgehead atoms. The van der Waals surface area contributed by atoms with Crippen LogP contribution in [0.1, 0.15) is 137 Å². The highest BCUT2D eigenvalue weighted by molar-refractivity contribution is 6.10. The van der Waals surface area contributed by atoms with Crippen LogP contribution in [0, 0.1) is 10.8 Å². The number of aliphatic carboxylic acids is 3. The van der Waals surface area contributed by atoms with E-state index in [2.05, 4.69) is 0 Å². The maximum atomic E-state index is 13.5. The maximum Gasteiger partial charge on any atom is 0.338 e. The molecule has 0 heterocycles. The molecule has 0 aromatic carbocycles. The van der Waals surface area contributed by atoms with Gasteiger partial charge in [-0.3, -0.25) is 14.4 Å². The lowest BCUT2D eigenvalue weighted by molar-refractivity contribution is -0.224. The van der Waals surface area contributed by atoms with E-state index >= 15 is 0 Å². The van der Waals surface area contributed by atoms with Crippen molar-refractivity contribution in [2.75, 3.05) is 0 Å². The monoisotopic (exact) mass is 514 g/mol. The third-order valence-corrected chi connectivity index (χ3v) is 7.67. The molecule has 0 aliphatic rings. The summed E-state index contributed by atoms with van der Waals surface area (Å²) in [4.78, 5) is 52.5. The fourth-order valence-electron chi connectivity index (χ4n) is 5.52. The number of unbranched alkanes of at least 4 members (excludes halogenated alkanes) is 9. The Bertz CT molecular complexity index is 692. The number of ketones is 1. The van der Waals surface area contributed by atoms with E-state index in [1.165, 1.54) is 0 Å². The molecule has 8 nitrogen and oxygen atoms in total. The first-order chi connectivity index (χ1) is 17.0. The SMILES string of the molecule is CCCCCCC(CCCCCC)(C(=O)O)C(O)(C(=O)O)C(CCCCCC)(C(=O)O)C(=O)CCC. The summed E-state index contributed by atoms with van der Waals surface area (Å²) in [5, 5.41) is 43.7. The van der Waals surface area contributed by atoms with E-state index in [4.69, 9.17) is 0 Å². The first-order valence-electron chi connectivity index (χ1n) is 14.0. The summed E-state index contributed by atoms with van der Waals surface area (Å²) in [6, 6.07) is 0. The van der Waals surface area contributed by atoms with Crippen molar-refractivity contribution in [2.24, 2.45) is 10.8 Å². The summed E-state index contributed by atoms with van der Waals surface area (Å²) < 4.78 is 0. The summed E-state index contributed by atoms with van der Waals surface area (Å²) >= 11 is 0. The van der Waals surface area contributed by atoms with Crippen LogP contribution in [0.2, 0.25) is 0 Å². The number of hydrogen-bond donors (Lipinski definition) is 4. The van der Waals surface area contributed by atoms with Crippen molar-refractivity contribution in [1.82, 2.24) is 0 Å². The van der Waals surface area contributed by atoms with Crippen molar-refractivity contribution in [3.63, 3.8) is 0 Å². The Morgan fingerprint density at radius 1 is 0.528 bits per heavy atom. The second-order valence-corrected chi connectivity index (χ2v) is 10.2. The van der Waals surface area contributed by atoms with E-state index in [-0.39, 0.29) is 32.1 Å². The molecule has 0 radical (unpaired) electrons. The van der Waals surface area contributed by atoms with Gasteiger partial charge >= 0.3 is 17.9 Å². The van der Waals surface area contributed by atoms with Gasteiger partial charge in [-0.25, -0.2) is 4.79 Å². The number of hydrogen-bond acceptors (Lipinski definition) is 5. The van der Waals surface area contributed by atoms with Crippen LogP contribution in [0.25, 0.3) is 0 Å². The van der Waals surface area contributed by atoms with E-state index in [9.17, 15) is 39.6 Å². The van der Waals surface area contributed by atoms with Crippen LogP contribution in [-0.2, 0) is 19.2 Å². The molecule has 0 spiro atoms. The van der Waals surface area contributed by atoms with Crippen LogP contribution in [0.3, 0.4) is 0 Å². The molecule has 8 heteroatoms. The van der Waals surface area contributed by atoms with Gasteiger partial charge in [-0.05, 0) is 25.7 Å². The second-order valence-electron chi connectivity index (χ2n) is 10.2. The van der Waals surface area contributed by atoms with Gasteiger partial charge in [0.2, 0.25) is 5.60 Å². The van der Waals surface area contributed by atoms with Gasteiger partial charge in [0.25, 0.3) is 0 Å². The molecule has 0 saturated carbocycles. The summed E-state index contributed by atoms with van der Waals surface area (Å²) in [5.41, 5.74) is -8.36. The highest BCUT2D eigenvalue weighted by Gasteiger charge is 2.75. The van der Waals surface area contributed by atoms with Crippen LogP contribution >= 0.6 is 0 Å². The molecule has 2 atom stereocenters. The molecule has 0 amide bonds. The third-order valence-electron chi connectivity index (χ3n) is 7.67. The summed E-state index contributed by atoms with van der Waals surface area (Å²) in [6.07, 6.45) is 6.71. The standard InChI is InChI=1S/C28H50O8/c1-5-9-12-15-19-26(23(30)31,20-16-13-10-6-2)28(36,25(34)35)27(24(32)33,22(29)18-8-4)21-17-14-11-7-3/h36H,5-21H2,1-4H3,(H,30,31)(H,32,33)(H,34,35). The molecule has 0 rings (SSSR count). The first kappa shape index (κ1) is 34.0. The normalized spacial score (nSPS) is 15.1. The Labute approximate surface area is 216 Å². The summed E-state index contributed by atoms with van der Waals surface area (Å²) in [5.74, 6) is -6.16. The smallest absolute Gasteiger partial charge is 0.338 e. The average molecular weight is 515 g/mol. The van der Waals surface area contributed by atoms with E-state index in [0.717, 1.165) is 38.5 Å². The van der Waals surface area contributed by atoms with Gasteiger partial charge in [-0.1, -0.05) is 105 Å². The Morgan fingerprint density at radius 2 is 0.944 bits per heavy atom. The Kier molecular flexibility index (Phi) is 15.8. The number of aliphatic hydroxyl groups is 1. The van der Waals surface area contributed by atoms with Crippen molar-refractivity contribution in [3.05, 3.63) is 0 Å². The van der Waals surface area contributed by atoms with Gasteiger partial charge in [-0.15, -0.1) is 0 Å². The molecular weight excluding hydrogens is 464 g/mol. The molecule has 4 N–H and O–H groups in total. The first-order valence-corrected chi connectivity index (χ1v) is 14.0. The van der Waals surface area contributed by atoms with Crippen molar-refractivity contribution in [2.45, 2.75) is 142 Å². The molecule has 0 aliphatic carbocycles. The van der Waals surface area contributed by atoms with Crippen molar-refractivity contribution < 1.29 is 39.6 Å². The predicted octanol–water partition coefficient (Wildman–Crippen LogP) is 6.22. The molecule has 210 valence electrons. The lowest BCUT2D eigenvalue weighted by Gasteiger charge is -2.50. The largest absolute Gasteiger partial charge is 0.481 e. The molecule has 0 fully saturated rings. The topological polar surface area (TPSA) is 149 Å². The van der Waals surface area contributed by atoms with Crippen LogP contribution in [0.4, 0.5) is 0 Å². The number of carboxylic acids is 3. The number of carbonyl (C=O) groups is 4.